The van der Waals surface area contributed by atoms with Crippen LogP contribution in [0.25, 0.3) is 0 Å². The van der Waals surface area contributed by atoms with Gasteiger partial charge in [0.2, 0.25) is 0 Å². The van der Waals surface area contributed by atoms with Gasteiger partial charge in [-0.1, -0.05) is 305 Å². The zero-order valence-electron chi connectivity index (χ0n) is 64.8. The molecule has 0 aliphatic heterocycles. The van der Waals surface area contributed by atoms with Gasteiger partial charge in [-0.3, -0.25) is 37.3 Å². The standard InChI is InChI=1S/C83H148O17P2/c1-5-9-13-17-21-25-29-33-36-37-38-39-42-45-48-52-56-60-64-68-81(86)94-73-78(99-82(87)69-65-61-57-53-49-43-32-28-24-20-16-12-8-4)75-97-101(89,90)95-71-77(84)72-96-102(91,92)98-76-79(100-83(88)70-66-62-58-54-50-46-41-35-31-27-23-19-15-11-7-3)74-93-80(85)67-63-59-55-51-47-44-40-34-30-26-22-18-14-10-6-2/h21,25-27,30-31,33,36,38-39,45,48,56,60,77-79,84H,5-20,22-24,28-29,32,34-35,37,40-44,46-47,49-55,57-59,61-76H2,1-4H3,(H,89,90)(H,91,92)/b25-21-,30-26-,31-27-,36-33-,39-38-,48-45-,60-56-/t77-,78-,79-/m1/s1. The molecule has 0 aliphatic carbocycles. The zero-order chi connectivity index (χ0) is 74.6. The summed E-state index contributed by atoms with van der Waals surface area (Å²) < 4.78 is 68.6. The Balaban J connectivity index is 5.38. The van der Waals surface area contributed by atoms with E-state index in [9.17, 15) is 43.2 Å². The van der Waals surface area contributed by atoms with Gasteiger partial charge in [0.15, 0.2) is 12.2 Å². The van der Waals surface area contributed by atoms with Gasteiger partial charge in [-0.05, 0) is 116 Å². The van der Waals surface area contributed by atoms with E-state index >= 15 is 0 Å². The van der Waals surface area contributed by atoms with Gasteiger partial charge >= 0.3 is 39.5 Å². The molecule has 0 amide bonds. The van der Waals surface area contributed by atoms with Crippen molar-refractivity contribution >= 4 is 39.5 Å². The number of aliphatic hydroxyl groups is 1. The maximum atomic E-state index is 13.1. The normalized spacial score (nSPS) is 14.3. The first-order valence-electron chi connectivity index (χ1n) is 40.8. The van der Waals surface area contributed by atoms with Crippen molar-refractivity contribution in [1.82, 2.24) is 0 Å². The summed E-state index contributed by atoms with van der Waals surface area (Å²) in [5.74, 6) is -2.25. The van der Waals surface area contributed by atoms with Crippen molar-refractivity contribution < 1.29 is 80.2 Å². The van der Waals surface area contributed by atoms with Gasteiger partial charge in [-0.2, -0.15) is 0 Å². The first kappa shape index (κ1) is 98.2. The highest BCUT2D eigenvalue weighted by Crippen LogP contribution is 2.45. The molecule has 0 aromatic carbocycles. The van der Waals surface area contributed by atoms with E-state index in [4.69, 9.17) is 37.0 Å². The fourth-order valence-corrected chi connectivity index (χ4v) is 12.7. The number of ether oxygens (including phenoxy) is 4. The summed E-state index contributed by atoms with van der Waals surface area (Å²) in [5, 5.41) is 10.6. The number of unbranched alkanes of at least 4 members (excludes halogenated alkanes) is 37. The number of hydrogen-bond donors (Lipinski definition) is 3. The molecule has 0 bridgehead atoms. The number of allylic oxidation sites excluding steroid dienone is 14. The van der Waals surface area contributed by atoms with E-state index in [0.29, 0.717) is 32.1 Å². The lowest BCUT2D eigenvalue weighted by Gasteiger charge is -2.21. The largest absolute Gasteiger partial charge is 0.472 e. The molecule has 17 nitrogen and oxygen atoms in total. The Morgan fingerprint density at radius 3 is 0.833 bits per heavy atom. The van der Waals surface area contributed by atoms with Crippen LogP contribution in [0.2, 0.25) is 0 Å². The molecule has 0 radical (unpaired) electrons. The van der Waals surface area contributed by atoms with Crippen LogP contribution in [0.15, 0.2) is 85.1 Å². The molecule has 0 aromatic heterocycles. The number of carbonyl (C=O) groups is 4. The zero-order valence-corrected chi connectivity index (χ0v) is 66.6. The van der Waals surface area contributed by atoms with E-state index in [-0.39, 0.29) is 25.7 Å². The number of phosphoric ester groups is 2. The Labute approximate surface area is 621 Å². The third-order valence-electron chi connectivity index (χ3n) is 17.3. The Kier molecular flexibility index (Phi) is 72.7. The maximum absolute atomic E-state index is 13.1. The van der Waals surface area contributed by atoms with E-state index in [0.717, 1.165) is 141 Å². The van der Waals surface area contributed by atoms with E-state index < -0.39 is 97.5 Å². The monoisotopic (exact) mass is 1480 g/mol. The van der Waals surface area contributed by atoms with Crippen LogP contribution in [-0.4, -0.2) is 96.7 Å². The van der Waals surface area contributed by atoms with E-state index in [2.05, 4.69) is 101 Å². The molecule has 0 fully saturated rings. The lowest BCUT2D eigenvalue weighted by molar-refractivity contribution is -0.161. The summed E-state index contributed by atoms with van der Waals surface area (Å²) in [6.07, 6.45) is 78.5. The summed E-state index contributed by atoms with van der Waals surface area (Å²) in [7, 11) is -9.97. The topological polar surface area (TPSA) is 237 Å². The van der Waals surface area contributed by atoms with Crippen LogP contribution in [-0.2, 0) is 65.4 Å². The number of aliphatic hydroxyl groups excluding tert-OH is 1. The number of carbonyl (C=O) groups excluding carboxylic acids is 4. The highest BCUT2D eigenvalue weighted by atomic mass is 31.2. The third kappa shape index (κ3) is 74.5. The average Bonchev–Trinajstić information content (AvgIpc) is 0.908. The molecule has 102 heavy (non-hydrogen) atoms. The van der Waals surface area contributed by atoms with Crippen molar-refractivity contribution in [2.75, 3.05) is 39.6 Å². The summed E-state index contributed by atoms with van der Waals surface area (Å²) in [6.45, 7) is 4.79. The van der Waals surface area contributed by atoms with Crippen molar-refractivity contribution in [3.05, 3.63) is 85.1 Å². The second-order valence-electron chi connectivity index (χ2n) is 27.4. The minimum absolute atomic E-state index is 0.0411. The smallest absolute Gasteiger partial charge is 0.462 e. The minimum Gasteiger partial charge on any atom is -0.462 e. The number of rotatable bonds is 77. The first-order valence-corrected chi connectivity index (χ1v) is 43.8. The highest BCUT2D eigenvalue weighted by molar-refractivity contribution is 7.47. The average molecular weight is 1480 g/mol. The predicted molar refractivity (Wildman–Crippen MR) is 418 cm³/mol. The Bertz CT molecular complexity index is 2260. The van der Waals surface area contributed by atoms with Crippen molar-refractivity contribution in [2.24, 2.45) is 0 Å². The summed E-state index contributed by atoms with van der Waals surface area (Å²) in [4.78, 5) is 73.0. The number of esters is 4. The van der Waals surface area contributed by atoms with Gasteiger partial charge < -0.3 is 33.8 Å². The summed E-state index contributed by atoms with van der Waals surface area (Å²) in [5.41, 5.74) is 0. The molecular formula is C83H148O17P2. The van der Waals surface area contributed by atoms with Crippen molar-refractivity contribution in [3.8, 4) is 0 Å². The Morgan fingerprint density at radius 1 is 0.275 bits per heavy atom. The molecule has 0 rings (SSSR count). The van der Waals surface area contributed by atoms with Gasteiger partial charge in [-0.25, -0.2) is 9.13 Å². The molecule has 5 atom stereocenters. The fraction of sp³-hybridized carbons (Fsp3) is 0.783. The third-order valence-corrected chi connectivity index (χ3v) is 19.2. The van der Waals surface area contributed by atoms with Crippen LogP contribution in [0.5, 0.6) is 0 Å². The molecule has 0 spiro atoms. The van der Waals surface area contributed by atoms with E-state index in [1.807, 2.05) is 12.2 Å². The highest BCUT2D eigenvalue weighted by Gasteiger charge is 2.30. The molecule has 0 saturated heterocycles. The van der Waals surface area contributed by atoms with Crippen LogP contribution >= 0.6 is 15.6 Å². The van der Waals surface area contributed by atoms with E-state index in [1.54, 1.807) is 0 Å². The number of hydrogen-bond acceptors (Lipinski definition) is 15. The molecule has 0 aliphatic rings. The van der Waals surface area contributed by atoms with Crippen molar-refractivity contribution in [1.29, 1.82) is 0 Å². The van der Waals surface area contributed by atoms with Crippen LogP contribution in [0.1, 0.15) is 362 Å². The predicted octanol–water partition coefficient (Wildman–Crippen LogP) is 23.8. The maximum Gasteiger partial charge on any atom is 0.472 e. The summed E-state index contributed by atoms with van der Waals surface area (Å²) in [6, 6.07) is 0. The summed E-state index contributed by atoms with van der Waals surface area (Å²) >= 11 is 0. The van der Waals surface area contributed by atoms with E-state index in [1.165, 1.54) is 135 Å². The Morgan fingerprint density at radius 2 is 0.500 bits per heavy atom. The van der Waals surface area contributed by atoms with Crippen molar-refractivity contribution in [2.45, 2.75) is 380 Å². The lowest BCUT2D eigenvalue weighted by atomic mass is 10.0. The van der Waals surface area contributed by atoms with Crippen LogP contribution in [0, 0.1) is 0 Å². The van der Waals surface area contributed by atoms with Crippen molar-refractivity contribution in [3.63, 3.8) is 0 Å². The molecule has 592 valence electrons. The quantitative estimate of drug-likeness (QED) is 0.0169. The van der Waals surface area contributed by atoms with Gasteiger partial charge in [0, 0.05) is 25.7 Å². The van der Waals surface area contributed by atoms with Gasteiger partial charge in [-0.15, -0.1) is 0 Å². The van der Waals surface area contributed by atoms with Gasteiger partial charge in [0.05, 0.1) is 26.4 Å². The molecule has 0 saturated carbocycles. The first-order chi connectivity index (χ1) is 49.7. The second-order valence-corrected chi connectivity index (χ2v) is 30.3. The number of phosphoric acid groups is 2. The second kappa shape index (κ2) is 75.5. The van der Waals surface area contributed by atoms with Crippen LogP contribution in [0.3, 0.4) is 0 Å². The minimum atomic E-state index is -4.99. The SMILES string of the molecule is CCCCC/C=C\C/C=C\C/C=C\C/C=C\C/C=C\CCC(=O)OC[C@H](COP(=O)(O)OC[C@@H](O)COP(=O)(O)OC[C@@H](COC(=O)CCCCCCCCC/C=C\CCCCCC)OC(=O)CCCCCCCCC/C=C\CCCCCC)OC(=O)CCCCCCCCCCCCCCC. The molecule has 0 heterocycles. The van der Waals surface area contributed by atoms with Crippen LogP contribution < -0.4 is 0 Å². The molecular weight excluding hydrogens is 1330 g/mol. The van der Waals surface area contributed by atoms with Crippen LogP contribution in [0.4, 0.5) is 0 Å². The van der Waals surface area contributed by atoms with Gasteiger partial charge in [0.25, 0.3) is 0 Å². The lowest BCUT2D eigenvalue weighted by Crippen LogP contribution is -2.30. The van der Waals surface area contributed by atoms with Gasteiger partial charge in [0.1, 0.15) is 19.3 Å². The molecule has 0 aromatic rings. The fourth-order valence-electron chi connectivity index (χ4n) is 11.1. The molecule has 2 unspecified atom stereocenters. The molecule has 19 heteroatoms. The molecule has 3 N–H and O–H groups in total. The Hall–Kier alpha value is -3.76.